The molecular formula is C17H22N8O. The maximum absolute atomic E-state index is 12.1. The van der Waals surface area contributed by atoms with E-state index in [-0.39, 0.29) is 18.5 Å². The summed E-state index contributed by atoms with van der Waals surface area (Å²) in [6.07, 6.45) is 10.8. The zero-order valence-electron chi connectivity index (χ0n) is 14.9. The molecule has 1 N–H and O–H groups in total. The Balaban J connectivity index is 1.29. The van der Waals surface area contributed by atoms with Gasteiger partial charge in [-0.2, -0.15) is 5.10 Å². The minimum absolute atomic E-state index is 0.00434. The molecule has 0 aliphatic heterocycles. The zero-order valence-corrected chi connectivity index (χ0v) is 14.9. The number of carbonyl (C=O) groups is 1. The van der Waals surface area contributed by atoms with Crippen LogP contribution in [0.5, 0.6) is 0 Å². The lowest BCUT2D eigenvalue weighted by Crippen LogP contribution is -2.45. The van der Waals surface area contributed by atoms with E-state index in [9.17, 15) is 4.79 Å². The monoisotopic (exact) mass is 354 g/mol. The van der Waals surface area contributed by atoms with Gasteiger partial charge < -0.3 is 14.5 Å². The van der Waals surface area contributed by atoms with Crippen LogP contribution in [-0.2, 0) is 24.9 Å². The summed E-state index contributed by atoms with van der Waals surface area (Å²) < 4.78 is 5.68. The summed E-state index contributed by atoms with van der Waals surface area (Å²) in [4.78, 5) is 16.1. The Morgan fingerprint density at radius 3 is 2.88 bits per heavy atom. The first kappa shape index (κ1) is 16.5. The number of imidazole rings is 1. The number of hydrogen-bond acceptors (Lipinski definition) is 5. The van der Waals surface area contributed by atoms with E-state index in [0.717, 1.165) is 30.1 Å². The fourth-order valence-electron chi connectivity index (χ4n) is 3.33. The van der Waals surface area contributed by atoms with Crippen LogP contribution in [0.2, 0.25) is 0 Å². The Kier molecular flexibility index (Phi) is 4.27. The Hall–Kier alpha value is -2.97. The Morgan fingerprint density at radius 2 is 2.19 bits per heavy atom. The third kappa shape index (κ3) is 3.37. The molecule has 1 aliphatic carbocycles. The normalized spacial score (nSPS) is 19.3. The average Bonchev–Trinajstić information content (AvgIpc) is 3.29. The van der Waals surface area contributed by atoms with Crippen LogP contribution in [0.1, 0.15) is 36.0 Å². The molecule has 0 saturated heterocycles. The summed E-state index contributed by atoms with van der Waals surface area (Å²) in [5.74, 6) is 2.21. The minimum Gasteiger partial charge on any atom is -0.352 e. The second kappa shape index (κ2) is 6.74. The van der Waals surface area contributed by atoms with Crippen molar-refractivity contribution >= 4 is 5.91 Å². The van der Waals surface area contributed by atoms with Crippen LogP contribution in [0.15, 0.2) is 31.1 Å². The van der Waals surface area contributed by atoms with Gasteiger partial charge in [-0.25, -0.2) is 4.98 Å². The van der Waals surface area contributed by atoms with Crippen molar-refractivity contribution in [1.29, 1.82) is 0 Å². The largest absolute Gasteiger partial charge is 0.352 e. The molecule has 0 unspecified atom stereocenters. The van der Waals surface area contributed by atoms with Gasteiger partial charge >= 0.3 is 0 Å². The summed E-state index contributed by atoms with van der Waals surface area (Å²) in [5, 5.41) is 15.9. The number of carbonyl (C=O) groups excluding carboxylic acids is 1. The van der Waals surface area contributed by atoms with Crippen LogP contribution in [0.3, 0.4) is 0 Å². The van der Waals surface area contributed by atoms with Crippen molar-refractivity contribution in [3.05, 3.63) is 48.3 Å². The summed E-state index contributed by atoms with van der Waals surface area (Å²) in [6.45, 7) is 2.87. The van der Waals surface area contributed by atoms with E-state index in [2.05, 4.69) is 30.2 Å². The Labute approximate surface area is 151 Å². The molecule has 1 saturated carbocycles. The Bertz CT molecular complexity index is 888. The van der Waals surface area contributed by atoms with Crippen LogP contribution in [0.25, 0.3) is 0 Å². The van der Waals surface area contributed by atoms with E-state index in [1.54, 1.807) is 23.4 Å². The molecule has 1 amide bonds. The summed E-state index contributed by atoms with van der Waals surface area (Å²) in [6, 6.07) is 0.193. The van der Waals surface area contributed by atoms with Crippen molar-refractivity contribution in [3.63, 3.8) is 0 Å². The highest BCUT2D eigenvalue weighted by Crippen LogP contribution is 2.35. The maximum atomic E-state index is 12.1. The summed E-state index contributed by atoms with van der Waals surface area (Å²) in [7, 11) is 1.99. The molecule has 0 spiro atoms. The topological polar surface area (TPSA) is 95.4 Å². The standard InChI is InChI=1S/C17H22N8O/c1-12-7-19-25(8-12)10-16(26)20-14-5-13(6-14)17-22-21-15(23(17)2)9-24-4-3-18-11-24/h3-4,7-8,11,13-14H,5-6,9-10H2,1-2H3,(H,20,26). The van der Waals surface area contributed by atoms with E-state index in [1.165, 1.54) is 0 Å². The van der Waals surface area contributed by atoms with Crippen LogP contribution in [0, 0.1) is 6.92 Å². The van der Waals surface area contributed by atoms with Gasteiger partial charge in [0.25, 0.3) is 0 Å². The molecule has 1 fully saturated rings. The minimum atomic E-state index is -0.00434. The first-order chi connectivity index (χ1) is 12.6. The van der Waals surface area contributed by atoms with Gasteiger partial charge in [0.1, 0.15) is 12.4 Å². The molecule has 9 nitrogen and oxygen atoms in total. The number of nitrogens with zero attached hydrogens (tertiary/aromatic N) is 7. The quantitative estimate of drug-likeness (QED) is 0.700. The Morgan fingerprint density at radius 1 is 1.35 bits per heavy atom. The van der Waals surface area contributed by atoms with Gasteiger partial charge in [-0.05, 0) is 25.3 Å². The number of nitrogens with one attached hydrogen (secondary N) is 1. The SMILES string of the molecule is Cc1cnn(CC(=O)NC2CC(c3nnc(Cn4ccnc4)n3C)C2)c1. The van der Waals surface area contributed by atoms with Crippen molar-refractivity contribution in [2.45, 2.75) is 44.8 Å². The molecule has 1 aliphatic rings. The number of amides is 1. The van der Waals surface area contributed by atoms with E-state index < -0.39 is 0 Å². The van der Waals surface area contributed by atoms with Crippen molar-refractivity contribution < 1.29 is 4.79 Å². The molecule has 4 rings (SSSR count). The van der Waals surface area contributed by atoms with Crippen molar-refractivity contribution in [2.24, 2.45) is 7.05 Å². The highest BCUT2D eigenvalue weighted by molar-refractivity contribution is 5.76. The number of aryl methyl sites for hydroxylation is 1. The van der Waals surface area contributed by atoms with Crippen molar-refractivity contribution in [1.82, 2.24) is 39.4 Å². The molecule has 26 heavy (non-hydrogen) atoms. The van der Waals surface area contributed by atoms with Gasteiger partial charge in [0, 0.05) is 37.6 Å². The fraction of sp³-hybridized carbons (Fsp3) is 0.471. The van der Waals surface area contributed by atoms with Crippen molar-refractivity contribution in [3.8, 4) is 0 Å². The molecule has 3 aromatic heterocycles. The third-order valence-corrected chi connectivity index (χ3v) is 4.82. The molecular weight excluding hydrogens is 332 g/mol. The summed E-state index contributed by atoms with van der Waals surface area (Å²) in [5.41, 5.74) is 1.05. The second-order valence-corrected chi connectivity index (χ2v) is 6.92. The number of aromatic nitrogens is 7. The van der Waals surface area contributed by atoms with E-state index in [0.29, 0.717) is 12.5 Å². The first-order valence-electron chi connectivity index (χ1n) is 8.71. The molecule has 0 aromatic carbocycles. The van der Waals surface area contributed by atoms with Crippen molar-refractivity contribution in [2.75, 3.05) is 0 Å². The molecule has 0 radical (unpaired) electrons. The van der Waals surface area contributed by atoms with Gasteiger partial charge in [-0.1, -0.05) is 0 Å². The highest BCUT2D eigenvalue weighted by Gasteiger charge is 2.34. The van der Waals surface area contributed by atoms with Crippen LogP contribution in [-0.4, -0.2) is 46.0 Å². The van der Waals surface area contributed by atoms with Gasteiger partial charge in [0.2, 0.25) is 5.91 Å². The lowest BCUT2D eigenvalue weighted by atomic mass is 9.79. The van der Waals surface area contributed by atoms with E-state index in [1.807, 2.05) is 30.9 Å². The van der Waals surface area contributed by atoms with Gasteiger partial charge in [0.05, 0.1) is 19.1 Å². The second-order valence-electron chi connectivity index (χ2n) is 6.92. The lowest BCUT2D eigenvalue weighted by Gasteiger charge is -2.35. The maximum Gasteiger partial charge on any atom is 0.241 e. The number of rotatable bonds is 6. The van der Waals surface area contributed by atoms with E-state index >= 15 is 0 Å². The predicted octanol–water partition coefficient (Wildman–Crippen LogP) is 0.627. The predicted molar refractivity (Wildman–Crippen MR) is 93.2 cm³/mol. The molecule has 3 heterocycles. The molecule has 136 valence electrons. The molecule has 0 bridgehead atoms. The van der Waals surface area contributed by atoms with E-state index in [4.69, 9.17) is 0 Å². The van der Waals surface area contributed by atoms with Gasteiger partial charge in [-0.15, -0.1) is 10.2 Å². The van der Waals surface area contributed by atoms with Crippen LogP contribution >= 0.6 is 0 Å². The smallest absolute Gasteiger partial charge is 0.241 e. The van der Waals surface area contributed by atoms with Gasteiger partial charge in [-0.3, -0.25) is 9.48 Å². The molecule has 9 heteroatoms. The van der Waals surface area contributed by atoms with Crippen LogP contribution in [0.4, 0.5) is 0 Å². The third-order valence-electron chi connectivity index (χ3n) is 4.82. The first-order valence-corrected chi connectivity index (χ1v) is 8.71. The zero-order chi connectivity index (χ0) is 18.1. The number of hydrogen-bond donors (Lipinski definition) is 1. The fourth-order valence-corrected chi connectivity index (χ4v) is 3.33. The lowest BCUT2D eigenvalue weighted by molar-refractivity contribution is -0.123. The molecule has 3 aromatic rings. The molecule has 0 atom stereocenters. The average molecular weight is 354 g/mol. The van der Waals surface area contributed by atoms with Crippen LogP contribution < -0.4 is 5.32 Å². The van der Waals surface area contributed by atoms with Gasteiger partial charge in [0.15, 0.2) is 5.82 Å². The summed E-state index contributed by atoms with van der Waals surface area (Å²) >= 11 is 0. The highest BCUT2D eigenvalue weighted by atomic mass is 16.2.